The zero-order valence-corrected chi connectivity index (χ0v) is 19.1. The van der Waals surface area contributed by atoms with Gasteiger partial charge in [-0.15, -0.1) is 0 Å². The lowest BCUT2D eigenvalue weighted by Crippen LogP contribution is -2.46. The Balaban J connectivity index is 1.69. The number of hydrogen-bond acceptors (Lipinski definition) is 5. The number of hydrogen-bond donors (Lipinski definition) is 1. The van der Waals surface area contributed by atoms with Crippen LogP contribution in [0.5, 0.6) is 0 Å². The Hall–Kier alpha value is -3.00. The van der Waals surface area contributed by atoms with Gasteiger partial charge in [0.15, 0.2) is 6.61 Å². The van der Waals surface area contributed by atoms with Crippen LogP contribution in [-0.2, 0) is 14.3 Å². The summed E-state index contributed by atoms with van der Waals surface area (Å²) in [4.78, 5) is 51.6. The van der Waals surface area contributed by atoms with Gasteiger partial charge in [-0.2, -0.15) is 0 Å². The predicted octanol–water partition coefficient (Wildman–Crippen LogP) is 3.95. The Labute approximate surface area is 188 Å². The van der Waals surface area contributed by atoms with E-state index in [9.17, 15) is 19.2 Å². The Morgan fingerprint density at radius 1 is 1.06 bits per heavy atom. The summed E-state index contributed by atoms with van der Waals surface area (Å²) in [5, 5.41) is 2.66. The van der Waals surface area contributed by atoms with Crippen LogP contribution in [0.15, 0.2) is 46.9 Å². The number of halogens is 1. The molecule has 0 spiro atoms. The number of rotatable bonds is 7. The third-order valence-electron chi connectivity index (χ3n) is 4.89. The average molecular weight is 487 g/mol. The van der Waals surface area contributed by atoms with E-state index in [1.54, 1.807) is 42.5 Å². The molecule has 7 nitrogen and oxygen atoms in total. The van der Waals surface area contributed by atoms with Crippen LogP contribution in [0.2, 0.25) is 0 Å². The molecule has 0 fully saturated rings. The van der Waals surface area contributed by atoms with Gasteiger partial charge < -0.3 is 10.1 Å². The summed E-state index contributed by atoms with van der Waals surface area (Å²) in [6.45, 7) is 5.12. The minimum atomic E-state index is -1.10. The number of fused-ring (bicyclic) bond motifs is 1. The Morgan fingerprint density at radius 2 is 1.68 bits per heavy atom. The molecule has 0 saturated carbocycles. The van der Waals surface area contributed by atoms with Crippen LogP contribution in [0.1, 0.15) is 46.5 Å². The fourth-order valence-electron chi connectivity index (χ4n) is 3.40. The van der Waals surface area contributed by atoms with Gasteiger partial charge in [-0.25, -0.2) is 4.79 Å². The van der Waals surface area contributed by atoms with Crippen molar-refractivity contribution in [3.63, 3.8) is 0 Å². The van der Waals surface area contributed by atoms with E-state index in [1.165, 1.54) is 0 Å². The van der Waals surface area contributed by atoms with Crippen molar-refractivity contribution in [2.45, 2.75) is 33.2 Å². The monoisotopic (exact) mass is 486 g/mol. The molecule has 0 saturated heterocycles. The van der Waals surface area contributed by atoms with Crippen LogP contribution in [0.3, 0.4) is 0 Å². The van der Waals surface area contributed by atoms with E-state index in [0.717, 1.165) is 14.9 Å². The lowest BCUT2D eigenvalue weighted by atomic mass is 10.0. The fourth-order valence-corrected chi connectivity index (χ4v) is 3.64. The van der Waals surface area contributed by atoms with Crippen molar-refractivity contribution >= 4 is 45.3 Å². The number of carbonyl (C=O) groups excluding carboxylic acids is 4. The van der Waals surface area contributed by atoms with E-state index in [0.29, 0.717) is 5.69 Å². The second-order valence-electron chi connectivity index (χ2n) is 7.79. The molecule has 1 heterocycles. The van der Waals surface area contributed by atoms with E-state index in [-0.39, 0.29) is 23.5 Å². The summed E-state index contributed by atoms with van der Waals surface area (Å²) in [5.41, 5.74) is 2.04. The van der Waals surface area contributed by atoms with E-state index >= 15 is 0 Å². The number of ether oxygens (including phenoxy) is 1. The SMILES string of the molecule is Cc1cc(NC(=O)COC(=O)[C@@H](CC(C)C)N2C(=O)c3ccccc3C2=O)ccc1Br. The molecule has 1 atom stereocenters. The third kappa shape index (κ3) is 5.02. The first-order valence-corrected chi connectivity index (χ1v) is 10.7. The first kappa shape index (κ1) is 22.7. The highest BCUT2D eigenvalue weighted by Crippen LogP contribution is 2.27. The second-order valence-corrected chi connectivity index (χ2v) is 8.65. The van der Waals surface area contributed by atoms with E-state index < -0.39 is 36.3 Å². The highest BCUT2D eigenvalue weighted by atomic mass is 79.9. The zero-order chi connectivity index (χ0) is 22.7. The summed E-state index contributed by atoms with van der Waals surface area (Å²) in [6.07, 6.45) is 0.234. The van der Waals surface area contributed by atoms with Gasteiger partial charge in [0, 0.05) is 10.2 Å². The van der Waals surface area contributed by atoms with Crippen LogP contribution < -0.4 is 5.32 Å². The summed E-state index contributed by atoms with van der Waals surface area (Å²) in [7, 11) is 0. The van der Waals surface area contributed by atoms with Gasteiger partial charge >= 0.3 is 5.97 Å². The van der Waals surface area contributed by atoms with Crippen molar-refractivity contribution in [3.8, 4) is 0 Å². The van der Waals surface area contributed by atoms with E-state index in [1.807, 2.05) is 20.8 Å². The second kappa shape index (κ2) is 9.43. The Kier molecular flexibility index (Phi) is 6.90. The van der Waals surface area contributed by atoms with Crippen molar-refractivity contribution < 1.29 is 23.9 Å². The molecular weight excluding hydrogens is 464 g/mol. The summed E-state index contributed by atoms with van der Waals surface area (Å²) >= 11 is 3.39. The molecule has 0 aliphatic carbocycles. The summed E-state index contributed by atoms with van der Waals surface area (Å²) in [6, 6.07) is 10.6. The number of aryl methyl sites for hydroxylation is 1. The van der Waals surface area contributed by atoms with E-state index in [2.05, 4.69) is 21.2 Å². The molecule has 2 aromatic carbocycles. The van der Waals surface area contributed by atoms with Crippen LogP contribution >= 0.6 is 15.9 Å². The molecule has 0 unspecified atom stereocenters. The zero-order valence-electron chi connectivity index (χ0n) is 17.5. The van der Waals surface area contributed by atoms with Crippen molar-refractivity contribution in [1.82, 2.24) is 4.90 Å². The minimum Gasteiger partial charge on any atom is -0.454 e. The van der Waals surface area contributed by atoms with Gasteiger partial charge in [0.2, 0.25) is 0 Å². The largest absolute Gasteiger partial charge is 0.454 e. The standard InChI is InChI=1S/C23H23BrN2O5/c1-13(2)10-19(26-21(28)16-6-4-5-7-17(16)22(26)29)23(30)31-12-20(27)25-15-8-9-18(24)14(3)11-15/h4-9,11,13,19H,10,12H2,1-3H3,(H,25,27)/t19-/m1/s1. The lowest BCUT2D eigenvalue weighted by molar-refractivity contribution is -0.151. The third-order valence-corrected chi connectivity index (χ3v) is 5.78. The maximum atomic E-state index is 12.8. The summed E-state index contributed by atoms with van der Waals surface area (Å²) < 4.78 is 6.11. The number of nitrogens with one attached hydrogen (secondary N) is 1. The summed E-state index contributed by atoms with van der Waals surface area (Å²) in [5.74, 6) is -2.34. The predicted molar refractivity (Wildman–Crippen MR) is 119 cm³/mol. The molecule has 0 radical (unpaired) electrons. The fraction of sp³-hybridized carbons (Fsp3) is 0.304. The van der Waals surface area contributed by atoms with Gasteiger partial charge in [-0.05, 0) is 55.2 Å². The number of esters is 1. The molecule has 1 N–H and O–H groups in total. The smallest absolute Gasteiger partial charge is 0.329 e. The number of imide groups is 1. The van der Waals surface area contributed by atoms with Gasteiger partial charge in [0.1, 0.15) is 6.04 Å². The molecule has 3 amide bonds. The number of nitrogens with zero attached hydrogens (tertiary/aromatic N) is 1. The normalized spacial score (nSPS) is 13.9. The van der Waals surface area contributed by atoms with Gasteiger partial charge in [0.25, 0.3) is 17.7 Å². The maximum absolute atomic E-state index is 12.8. The van der Waals surface area contributed by atoms with Crippen LogP contribution in [-0.4, -0.2) is 41.2 Å². The van der Waals surface area contributed by atoms with E-state index in [4.69, 9.17) is 4.74 Å². The van der Waals surface area contributed by atoms with Crippen molar-refractivity contribution in [1.29, 1.82) is 0 Å². The number of benzene rings is 2. The first-order valence-electron chi connectivity index (χ1n) is 9.88. The molecule has 3 rings (SSSR count). The molecular formula is C23H23BrN2O5. The Bertz CT molecular complexity index is 1020. The highest BCUT2D eigenvalue weighted by Gasteiger charge is 2.43. The van der Waals surface area contributed by atoms with Crippen LogP contribution in [0.25, 0.3) is 0 Å². The maximum Gasteiger partial charge on any atom is 0.329 e. The molecule has 31 heavy (non-hydrogen) atoms. The van der Waals surface area contributed by atoms with Crippen molar-refractivity contribution in [3.05, 3.63) is 63.6 Å². The number of carbonyl (C=O) groups is 4. The molecule has 1 aliphatic heterocycles. The van der Waals surface area contributed by atoms with Crippen LogP contribution in [0.4, 0.5) is 5.69 Å². The molecule has 162 valence electrons. The van der Waals surface area contributed by atoms with Crippen molar-refractivity contribution in [2.75, 3.05) is 11.9 Å². The quantitative estimate of drug-likeness (QED) is 0.472. The van der Waals surface area contributed by atoms with Gasteiger partial charge in [-0.1, -0.05) is 41.9 Å². The number of anilines is 1. The van der Waals surface area contributed by atoms with Gasteiger partial charge in [-0.3, -0.25) is 19.3 Å². The van der Waals surface area contributed by atoms with Crippen LogP contribution in [0, 0.1) is 12.8 Å². The number of amides is 3. The van der Waals surface area contributed by atoms with Gasteiger partial charge in [0.05, 0.1) is 11.1 Å². The molecule has 1 aliphatic rings. The minimum absolute atomic E-state index is 0.0152. The Morgan fingerprint density at radius 3 is 2.23 bits per heavy atom. The molecule has 0 bridgehead atoms. The molecule has 0 aromatic heterocycles. The topological polar surface area (TPSA) is 92.8 Å². The lowest BCUT2D eigenvalue weighted by Gasteiger charge is -2.25. The first-order chi connectivity index (χ1) is 14.7. The average Bonchev–Trinajstić information content (AvgIpc) is 2.98. The molecule has 2 aromatic rings. The molecule has 8 heteroatoms. The highest BCUT2D eigenvalue weighted by molar-refractivity contribution is 9.10. The van der Waals surface area contributed by atoms with Crippen molar-refractivity contribution in [2.24, 2.45) is 5.92 Å².